The number of nitrogens with one attached hydrogen (secondary N) is 2. The van der Waals surface area contributed by atoms with Crippen LogP contribution in [0.5, 0.6) is 0 Å². The first-order valence-corrected chi connectivity index (χ1v) is 13.7. The molecule has 5 aliphatic rings. The standard InChI is InChI=1S/C28H34Cl2N2O2/c1-26-10-8-20-18(15-31-24-14-17(33)7-9-27(20,24)2)19(26)5-6-22(26)25(34)32-28(11-12-28)21-4-3-16(29)13-23(21)30/h3-4,13-14,18-20,22,31H,5-12,15H2,1-2H3,(H,32,34). The highest BCUT2D eigenvalue weighted by Gasteiger charge is 2.61. The van der Waals surface area contributed by atoms with Gasteiger partial charge < -0.3 is 10.6 Å². The van der Waals surface area contributed by atoms with Gasteiger partial charge in [-0.2, -0.15) is 0 Å². The van der Waals surface area contributed by atoms with Crippen LogP contribution in [0.25, 0.3) is 0 Å². The lowest BCUT2D eigenvalue weighted by atomic mass is 9.50. The molecular formula is C28H34Cl2N2O2. The summed E-state index contributed by atoms with van der Waals surface area (Å²) in [5.41, 5.74) is 1.91. The van der Waals surface area contributed by atoms with E-state index in [-0.39, 0.29) is 34.0 Å². The van der Waals surface area contributed by atoms with Gasteiger partial charge in [0, 0.05) is 46.1 Å². The third-order valence-corrected chi connectivity index (χ3v) is 11.0. The number of benzene rings is 1. The highest BCUT2D eigenvalue weighted by molar-refractivity contribution is 6.35. The van der Waals surface area contributed by atoms with Crippen LogP contribution in [0.15, 0.2) is 30.0 Å². The second-order valence-corrected chi connectivity index (χ2v) is 12.9. The van der Waals surface area contributed by atoms with Crippen molar-refractivity contribution in [3.05, 3.63) is 45.6 Å². The summed E-state index contributed by atoms with van der Waals surface area (Å²) in [5.74, 6) is 2.19. The summed E-state index contributed by atoms with van der Waals surface area (Å²) < 4.78 is 0. The van der Waals surface area contributed by atoms with Crippen molar-refractivity contribution >= 4 is 34.9 Å². The van der Waals surface area contributed by atoms with Crippen LogP contribution >= 0.6 is 23.2 Å². The Bertz CT molecular complexity index is 1100. The molecule has 2 N–H and O–H groups in total. The molecule has 0 aromatic heterocycles. The van der Waals surface area contributed by atoms with Crippen molar-refractivity contribution in [2.45, 2.75) is 70.8 Å². The number of piperidine rings is 1. The van der Waals surface area contributed by atoms with E-state index in [1.807, 2.05) is 18.2 Å². The van der Waals surface area contributed by atoms with Crippen LogP contribution in [0.3, 0.4) is 0 Å². The number of amides is 1. The molecule has 1 aliphatic heterocycles. The number of carbonyl (C=O) groups is 2. The maximum absolute atomic E-state index is 13.8. The quantitative estimate of drug-likeness (QED) is 0.533. The van der Waals surface area contributed by atoms with E-state index >= 15 is 0 Å². The molecule has 0 radical (unpaired) electrons. The first-order chi connectivity index (χ1) is 16.2. The summed E-state index contributed by atoms with van der Waals surface area (Å²) in [6.45, 7) is 5.67. The Labute approximate surface area is 212 Å². The van der Waals surface area contributed by atoms with Crippen LogP contribution in [0.2, 0.25) is 10.0 Å². The lowest BCUT2D eigenvalue weighted by Crippen LogP contribution is -2.57. The molecule has 34 heavy (non-hydrogen) atoms. The lowest BCUT2D eigenvalue weighted by Gasteiger charge is -2.58. The average molecular weight is 501 g/mol. The summed E-state index contributed by atoms with van der Waals surface area (Å²) in [7, 11) is 0. The van der Waals surface area contributed by atoms with Crippen molar-refractivity contribution in [1.29, 1.82) is 0 Å². The van der Waals surface area contributed by atoms with Gasteiger partial charge in [0.05, 0.1) is 5.54 Å². The van der Waals surface area contributed by atoms with Crippen molar-refractivity contribution in [1.82, 2.24) is 10.6 Å². The van der Waals surface area contributed by atoms with Gasteiger partial charge in [-0.15, -0.1) is 0 Å². The summed E-state index contributed by atoms with van der Waals surface area (Å²) in [4.78, 5) is 25.8. The Morgan fingerprint density at radius 1 is 1.06 bits per heavy atom. The molecule has 4 nitrogen and oxygen atoms in total. The van der Waals surface area contributed by atoms with Crippen LogP contribution in [0, 0.1) is 34.5 Å². The van der Waals surface area contributed by atoms with Gasteiger partial charge in [0.25, 0.3) is 0 Å². The molecule has 3 saturated carbocycles. The van der Waals surface area contributed by atoms with Crippen molar-refractivity contribution in [2.75, 3.05) is 6.54 Å². The topological polar surface area (TPSA) is 58.2 Å². The molecule has 182 valence electrons. The van der Waals surface area contributed by atoms with Crippen LogP contribution in [-0.2, 0) is 15.1 Å². The Morgan fingerprint density at radius 3 is 2.59 bits per heavy atom. The SMILES string of the molecule is CC12CCC(=O)C=C1NCC1C2CCC2(C)C(C(=O)NC3(c4ccc(Cl)cc4Cl)CC3)CCC12. The molecule has 6 unspecified atom stereocenters. The molecule has 4 aliphatic carbocycles. The van der Waals surface area contributed by atoms with Crippen LogP contribution < -0.4 is 10.6 Å². The number of allylic oxidation sites excluding steroid dienone is 2. The first-order valence-electron chi connectivity index (χ1n) is 12.9. The molecule has 6 heteroatoms. The van der Waals surface area contributed by atoms with Crippen molar-refractivity contribution < 1.29 is 9.59 Å². The number of fused-ring (bicyclic) bond motifs is 5. The smallest absolute Gasteiger partial charge is 0.224 e. The largest absolute Gasteiger partial charge is 0.387 e. The van der Waals surface area contributed by atoms with Crippen molar-refractivity contribution in [2.24, 2.45) is 34.5 Å². The number of halogens is 2. The third kappa shape index (κ3) is 3.31. The number of hydrogen-bond donors (Lipinski definition) is 2. The lowest BCUT2D eigenvalue weighted by molar-refractivity contribution is -0.133. The fourth-order valence-corrected chi connectivity index (χ4v) is 8.95. The molecule has 1 saturated heterocycles. The molecule has 6 rings (SSSR count). The van der Waals surface area contributed by atoms with Gasteiger partial charge in [0.1, 0.15) is 0 Å². The van der Waals surface area contributed by atoms with E-state index in [1.54, 1.807) is 6.07 Å². The molecule has 0 spiro atoms. The predicted octanol–water partition coefficient (Wildman–Crippen LogP) is 6.01. The summed E-state index contributed by atoms with van der Waals surface area (Å²) in [6.07, 6.45) is 9.62. The molecule has 4 fully saturated rings. The first kappa shape index (κ1) is 22.9. The molecule has 6 atom stereocenters. The fraction of sp³-hybridized carbons (Fsp3) is 0.643. The van der Waals surface area contributed by atoms with E-state index in [0.717, 1.165) is 62.8 Å². The normalized spacial score (nSPS) is 39.8. The summed E-state index contributed by atoms with van der Waals surface area (Å²) in [6, 6.07) is 5.61. The van der Waals surface area contributed by atoms with Gasteiger partial charge >= 0.3 is 0 Å². The number of hydrogen-bond acceptors (Lipinski definition) is 3. The van der Waals surface area contributed by atoms with E-state index in [2.05, 4.69) is 24.5 Å². The van der Waals surface area contributed by atoms with E-state index in [4.69, 9.17) is 23.2 Å². The molecule has 0 bridgehead atoms. The van der Waals surface area contributed by atoms with E-state index < -0.39 is 0 Å². The Balaban J connectivity index is 1.22. The van der Waals surface area contributed by atoms with Gasteiger partial charge in [0.15, 0.2) is 5.78 Å². The van der Waals surface area contributed by atoms with Gasteiger partial charge in [0.2, 0.25) is 5.91 Å². The zero-order valence-corrected chi connectivity index (χ0v) is 21.6. The molecule has 1 amide bonds. The second kappa shape index (κ2) is 7.74. The molecule has 1 aromatic rings. The Morgan fingerprint density at radius 2 is 1.85 bits per heavy atom. The van der Waals surface area contributed by atoms with Crippen LogP contribution in [0.1, 0.15) is 70.8 Å². The number of rotatable bonds is 3. The third-order valence-electron chi connectivity index (χ3n) is 10.5. The minimum absolute atomic E-state index is 0.0227. The molecular weight excluding hydrogens is 467 g/mol. The van der Waals surface area contributed by atoms with Gasteiger partial charge in [-0.05, 0) is 85.8 Å². The van der Waals surface area contributed by atoms with E-state index in [9.17, 15) is 9.59 Å². The van der Waals surface area contributed by atoms with Crippen molar-refractivity contribution in [3.8, 4) is 0 Å². The number of carbonyl (C=O) groups excluding carboxylic acids is 2. The second-order valence-electron chi connectivity index (χ2n) is 12.1. The van der Waals surface area contributed by atoms with E-state index in [1.165, 1.54) is 0 Å². The zero-order valence-electron chi connectivity index (χ0n) is 20.1. The predicted molar refractivity (Wildman–Crippen MR) is 134 cm³/mol. The Kier molecular flexibility index (Phi) is 5.21. The summed E-state index contributed by atoms with van der Waals surface area (Å²) in [5, 5.41) is 8.36. The fourth-order valence-electron chi connectivity index (χ4n) is 8.36. The maximum Gasteiger partial charge on any atom is 0.224 e. The minimum Gasteiger partial charge on any atom is -0.387 e. The average Bonchev–Trinajstić information content (AvgIpc) is 3.46. The summed E-state index contributed by atoms with van der Waals surface area (Å²) >= 11 is 12.6. The molecule has 1 heterocycles. The van der Waals surface area contributed by atoms with Gasteiger partial charge in [-0.3, -0.25) is 9.59 Å². The highest BCUT2D eigenvalue weighted by Crippen LogP contribution is 2.64. The number of ketones is 1. The van der Waals surface area contributed by atoms with Crippen molar-refractivity contribution in [3.63, 3.8) is 0 Å². The maximum atomic E-state index is 13.8. The highest BCUT2D eigenvalue weighted by atomic mass is 35.5. The van der Waals surface area contributed by atoms with Gasteiger partial charge in [-0.25, -0.2) is 0 Å². The van der Waals surface area contributed by atoms with Crippen LogP contribution in [-0.4, -0.2) is 18.2 Å². The Hall–Kier alpha value is -1.52. The van der Waals surface area contributed by atoms with E-state index in [0.29, 0.717) is 34.2 Å². The van der Waals surface area contributed by atoms with Crippen LogP contribution in [0.4, 0.5) is 0 Å². The molecule has 1 aromatic carbocycles. The minimum atomic E-state index is -0.335. The zero-order chi connectivity index (χ0) is 23.9. The van der Waals surface area contributed by atoms with Gasteiger partial charge in [-0.1, -0.05) is 43.1 Å². The monoisotopic (exact) mass is 500 g/mol.